The fourth-order valence-electron chi connectivity index (χ4n) is 3.18. The molecule has 1 fully saturated rings. The maximum Gasteiger partial charge on any atom is 0.184 e. The van der Waals surface area contributed by atoms with Gasteiger partial charge in [-0.05, 0) is 36.8 Å². The van der Waals surface area contributed by atoms with E-state index in [0.717, 1.165) is 38.5 Å². The number of piperazine rings is 1. The molecule has 1 aliphatic heterocycles. The smallest absolute Gasteiger partial charge is 0.184 e. The molecule has 2 aromatic rings. The first-order valence-electron chi connectivity index (χ1n) is 8.80. The van der Waals surface area contributed by atoms with Gasteiger partial charge in [-0.15, -0.1) is 0 Å². The molecule has 0 saturated carbocycles. The molecule has 3 N–H and O–H groups in total. The summed E-state index contributed by atoms with van der Waals surface area (Å²) in [5.41, 5.74) is 9.21. The zero-order chi connectivity index (χ0) is 18.4. The van der Waals surface area contributed by atoms with Crippen LogP contribution < -0.4 is 11.2 Å². The third-order valence-corrected chi connectivity index (χ3v) is 4.76. The van der Waals surface area contributed by atoms with Gasteiger partial charge in [-0.3, -0.25) is 15.2 Å². The largest absolute Gasteiger partial charge is 0.459 e. The Kier molecular flexibility index (Phi) is 6.38. The maximum atomic E-state index is 5.78. The van der Waals surface area contributed by atoms with Gasteiger partial charge in [0.1, 0.15) is 11.5 Å². The van der Waals surface area contributed by atoms with Crippen molar-refractivity contribution in [2.75, 3.05) is 26.2 Å². The first-order chi connectivity index (χ1) is 12.6. The standard InChI is InChI=1S/C19H25N5OS/c1-15(16-5-3-2-4-6-16)24-11-9-23(10-12-24)14-18-8-7-17(25-18)13-21-22-19(20)26/h2-8,13,15H,9-12,14H2,1H3,(H3,20,22,26). The molecular weight excluding hydrogens is 346 g/mol. The molecule has 0 amide bonds. The highest BCUT2D eigenvalue weighted by atomic mass is 32.1. The molecule has 6 nitrogen and oxygen atoms in total. The van der Waals surface area contributed by atoms with Crippen LogP contribution in [0.2, 0.25) is 0 Å². The van der Waals surface area contributed by atoms with E-state index in [1.807, 2.05) is 12.1 Å². The topological polar surface area (TPSA) is 70.0 Å². The second-order valence-corrected chi connectivity index (χ2v) is 6.88. The zero-order valence-corrected chi connectivity index (χ0v) is 15.8. The molecule has 1 aliphatic rings. The zero-order valence-electron chi connectivity index (χ0n) is 15.0. The molecule has 0 radical (unpaired) electrons. The van der Waals surface area contributed by atoms with Gasteiger partial charge >= 0.3 is 0 Å². The van der Waals surface area contributed by atoms with E-state index < -0.39 is 0 Å². The van der Waals surface area contributed by atoms with Crippen LogP contribution in [0.15, 0.2) is 52.0 Å². The van der Waals surface area contributed by atoms with E-state index in [1.165, 1.54) is 5.56 Å². The van der Waals surface area contributed by atoms with Crippen molar-refractivity contribution in [3.8, 4) is 0 Å². The fourth-order valence-corrected chi connectivity index (χ4v) is 3.23. The quantitative estimate of drug-likeness (QED) is 0.461. The molecule has 0 bridgehead atoms. The van der Waals surface area contributed by atoms with Crippen LogP contribution in [-0.2, 0) is 6.54 Å². The summed E-state index contributed by atoms with van der Waals surface area (Å²) >= 11 is 4.69. The van der Waals surface area contributed by atoms with Crippen LogP contribution in [0, 0.1) is 0 Å². The van der Waals surface area contributed by atoms with E-state index in [0.29, 0.717) is 11.8 Å². The van der Waals surface area contributed by atoms with Crippen LogP contribution in [-0.4, -0.2) is 47.3 Å². The Bertz CT molecular complexity index is 737. The van der Waals surface area contributed by atoms with Crippen LogP contribution >= 0.6 is 12.2 Å². The van der Waals surface area contributed by atoms with Gasteiger partial charge in [0.05, 0.1) is 12.8 Å². The number of nitrogens with one attached hydrogen (secondary N) is 1. The number of hydrazone groups is 1. The van der Waals surface area contributed by atoms with Gasteiger partial charge in [0.15, 0.2) is 5.11 Å². The third-order valence-electron chi connectivity index (χ3n) is 4.66. The lowest BCUT2D eigenvalue weighted by molar-refractivity contribution is 0.0933. The highest BCUT2D eigenvalue weighted by Gasteiger charge is 2.22. The number of hydrogen-bond donors (Lipinski definition) is 2. The van der Waals surface area contributed by atoms with Gasteiger partial charge in [-0.25, -0.2) is 0 Å². The normalized spacial score (nSPS) is 17.4. The molecule has 138 valence electrons. The minimum atomic E-state index is 0.135. The molecule has 26 heavy (non-hydrogen) atoms. The minimum Gasteiger partial charge on any atom is -0.459 e. The summed E-state index contributed by atoms with van der Waals surface area (Å²) in [4.78, 5) is 4.95. The van der Waals surface area contributed by atoms with Gasteiger partial charge < -0.3 is 10.2 Å². The van der Waals surface area contributed by atoms with E-state index in [2.05, 4.69) is 57.6 Å². The molecule has 1 aromatic heterocycles. The Hall–Kier alpha value is -2.22. The first-order valence-corrected chi connectivity index (χ1v) is 9.21. The van der Waals surface area contributed by atoms with Gasteiger partial charge in [-0.1, -0.05) is 30.3 Å². The molecule has 1 aromatic carbocycles. The molecule has 3 rings (SSSR count). The van der Waals surface area contributed by atoms with Crippen molar-refractivity contribution < 1.29 is 4.42 Å². The summed E-state index contributed by atoms with van der Waals surface area (Å²) in [6.07, 6.45) is 1.57. The highest BCUT2D eigenvalue weighted by Crippen LogP contribution is 2.22. The predicted octanol–water partition coefficient (Wildman–Crippen LogP) is 2.33. The minimum absolute atomic E-state index is 0.135. The second-order valence-electron chi connectivity index (χ2n) is 6.44. The average Bonchev–Trinajstić information content (AvgIpc) is 3.09. The number of rotatable bonds is 6. The maximum absolute atomic E-state index is 5.78. The van der Waals surface area contributed by atoms with E-state index in [1.54, 1.807) is 6.21 Å². The Morgan fingerprint density at radius 3 is 2.65 bits per heavy atom. The molecule has 0 aliphatic carbocycles. The molecule has 1 unspecified atom stereocenters. The number of thiocarbonyl (C=S) groups is 1. The summed E-state index contributed by atoms with van der Waals surface area (Å²) < 4.78 is 5.78. The van der Waals surface area contributed by atoms with E-state index >= 15 is 0 Å². The van der Waals surface area contributed by atoms with Crippen molar-refractivity contribution in [3.05, 3.63) is 59.5 Å². The van der Waals surface area contributed by atoms with Crippen molar-refractivity contribution in [1.29, 1.82) is 0 Å². The molecule has 7 heteroatoms. The summed E-state index contributed by atoms with van der Waals surface area (Å²) in [6.45, 7) is 7.27. The third kappa shape index (κ3) is 5.14. The van der Waals surface area contributed by atoms with Crippen molar-refractivity contribution in [2.24, 2.45) is 10.8 Å². The second kappa shape index (κ2) is 8.93. The SMILES string of the molecule is CC(c1ccccc1)N1CCN(Cc2ccc(C=NNC(N)=S)o2)CC1. The molecule has 1 atom stereocenters. The van der Waals surface area contributed by atoms with E-state index in [-0.39, 0.29) is 5.11 Å². The lowest BCUT2D eigenvalue weighted by Crippen LogP contribution is -2.46. The van der Waals surface area contributed by atoms with E-state index in [4.69, 9.17) is 22.4 Å². The summed E-state index contributed by atoms with van der Waals surface area (Å²) in [7, 11) is 0. The highest BCUT2D eigenvalue weighted by molar-refractivity contribution is 7.80. The lowest BCUT2D eigenvalue weighted by atomic mass is 10.1. The Morgan fingerprint density at radius 2 is 1.96 bits per heavy atom. The molecule has 2 heterocycles. The van der Waals surface area contributed by atoms with Crippen LogP contribution in [0.5, 0.6) is 0 Å². The lowest BCUT2D eigenvalue weighted by Gasteiger charge is -2.37. The van der Waals surface area contributed by atoms with Crippen LogP contribution in [0.3, 0.4) is 0 Å². The van der Waals surface area contributed by atoms with Crippen LogP contribution in [0.25, 0.3) is 0 Å². The van der Waals surface area contributed by atoms with Crippen LogP contribution in [0.1, 0.15) is 30.0 Å². The number of benzene rings is 1. The van der Waals surface area contributed by atoms with Gasteiger partial charge in [0.25, 0.3) is 0 Å². The number of nitrogens with two attached hydrogens (primary N) is 1. The summed E-state index contributed by atoms with van der Waals surface area (Å²) in [5.74, 6) is 1.62. The van der Waals surface area contributed by atoms with Crippen molar-refractivity contribution in [3.63, 3.8) is 0 Å². The van der Waals surface area contributed by atoms with Crippen molar-refractivity contribution in [1.82, 2.24) is 15.2 Å². The van der Waals surface area contributed by atoms with Gasteiger partial charge in [0, 0.05) is 32.2 Å². The monoisotopic (exact) mass is 371 g/mol. The predicted molar refractivity (Wildman–Crippen MR) is 108 cm³/mol. The summed E-state index contributed by atoms with van der Waals surface area (Å²) in [6, 6.07) is 15.0. The van der Waals surface area contributed by atoms with Crippen molar-refractivity contribution in [2.45, 2.75) is 19.5 Å². The average molecular weight is 372 g/mol. The fraction of sp³-hybridized carbons (Fsp3) is 0.368. The summed E-state index contributed by atoms with van der Waals surface area (Å²) in [5, 5.41) is 4.04. The number of nitrogens with zero attached hydrogens (tertiary/aromatic N) is 3. The number of hydrogen-bond acceptors (Lipinski definition) is 5. The first kappa shape index (κ1) is 18.6. The van der Waals surface area contributed by atoms with E-state index in [9.17, 15) is 0 Å². The van der Waals surface area contributed by atoms with Crippen molar-refractivity contribution >= 4 is 23.5 Å². The Labute approximate surface area is 159 Å². The number of furan rings is 1. The van der Waals surface area contributed by atoms with Gasteiger partial charge in [-0.2, -0.15) is 5.10 Å². The molecular formula is C19H25N5OS. The van der Waals surface area contributed by atoms with Gasteiger partial charge in [0.2, 0.25) is 0 Å². The molecule has 1 saturated heterocycles. The Balaban J connectivity index is 1.48. The molecule has 0 spiro atoms. The Morgan fingerprint density at radius 1 is 1.23 bits per heavy atom. The van der Waals surface area contributed by atoms with Crippen LogP contribution in [0.4, 0.5) is 0 Å².